The van der Waals surface area contributed by atoms with E-state index in [2.05, 4.69) is 10.3 Å². The predicted molar refractivity (Wildman–Crippen MR) is 62.6 cm³/mol. The van der Waals surface area contributed by atoms with Gasteiger partial charge in [0.2, 0.25) is 0 Å². The second-order valence-corrected chi connectivity index (χ2v) is 3.86. The Morgan fingerprint density at radius 2 is 2.12 bits per heavy atom. The average Bonchev–Trinajstić information content (AvgIpc) is 2.77. The van der Waals surface area contributed by atoms with Crippen molar-refractivity contribution >= 4 is 11.7 Å². The van der Waals surface area contributed by atoms with Gasteiger partial charge in [-0.05, 0) is 19.4 Å². The molecule has 0 saturated carbocycles. The third-order valence-electron chi connectivity index (χ3n) is 2.56. The Kier molecular flexibility index (Phi) is 4.28. The van der Waals surface area contributed by atoms with E-state index in [0.29, 0.717) is 17.7 Å². The first kappa shape index (κ1) is 12.5. The van der Waals surface area contributed by atoms with Crippen LogP contribution >= 0.6 is 0 Å². The molecule has 0 bridgehead atoms. The molecule has 0 aromatic carbocycles. The monoisotopic (exact) mass is 222 g/mol. The normalized spacial score (nSPS) is 12.2. The first-order valence-corrected chi connectivity index (χ1v) is 5.60. The third-order valence-corrected chi connectivity index (χ3v) is 2.56. The highest BCUT2D eigenvalue weighted by Gasteiger charge is 2.12. The van der Waals surface area contributed by atoms with Gasteiger partial charge in [-0.2, -0.15) is 0 Å². The highest BCUT2D eigenvalue weighted by molar-refractivity contribution is 6.00. The molecule has 88 valence electrons. The van der Waals surface area contributed by atoms with Gasteiger partial charge in [-0.3, -0.25) is 9.59 Å². The Bertz CT molecular complexity index is 382. The SMILES string of the molecule is CCC(=O)c1c[nH]c(C(=O)N[C@@H](C)CC)c1. The maximum absolute atomic E-state index is 11.7. The van der Waals surface area contributed by atoms with Gasteiger partial charge in [0.1, 0.15) is 5.69 Å². The zero-order valence-corrected chi connectivity index (χ0v) is 9.96. The molecule has 2 N–H and O–H groups in total. The molecule has 0 aliphatic rings. The van der Waals surface area contributed by atoms with Crippen LogP contribution in [0.15, 0.2) is 12.3 Å². The van der Waals surface area contributed by atoms with Crippen LogP contribution in [0.4, 0.5) is 0 Å². The number of Topliss-reactive ketones (excluding diaryl/α,β-unsaturated/α-hetero) is 1. The quantitative estimate of drug-likeness (QED) is 0.750. The molecule has 4 nitrogen and oxygen atoms in total. The van der Waals surface area contributed by atoms with Crippen LogP contribution in [-0.4, -0.2) is 22.7 Å². The Labute approximate surface area is 95.4 Å². The first-order chi connectivity index (χ1) is 7.58. The van der Waals surface area contributed by atoms with Crippen LogP contribution in [0.2, 0.25) is 0 Å². The number of amides is 1. The Morgan fingerprint density at radius 1 is 1.44 bits per heavy atom. The highest BCUT2D eigenvalue weighted by atomic mass is 16.2. The van der Waals surface area contributed by atoms with Crippen molar-refractivity contribution in [3.05, 3.63) is 23.5 Å². The molecule has 0 spiro atoms. The van der Waals surface area contributed by atoms with Crippen molar-refractivity contribution in [1.82, 2.24) is 10.3 Å². The molecule has 0 aliphatic heterocycles. The molecule has 0 aliphatic carbocycles. The van der Waals surface area contributed by atoms with Crippen LogP contribution in [0.3, 0.4) is 0 Å². The predicted octanol–water partition coefficient (Wildman–Crippen LogP) is 2.14. The highest BCUT2D eigenvalue weighted by Crippen LogP contribution is 2.06. The Hall–Kier alpha value is -1.58. The molecule has 0 unspecified atom stereocenters. The second kappa shape index (κ2) is 5.49. The maximum Gasteiger partial charge on any atom is 0.267 e. The van der Waals surface area contributed by atoms with E-state index in [1.807, 2.05) is 13.8 Å². The minimum absolute atomic E-state index is 0.0406. The van der Waals surface area contributed by atoms with Gasteiger partial charge in [0, 0.05) is 24.2 Å². The standard InChI is InChI=1S/C12H18N2O2/c1-4-8(3)14-12(16)10-6-9(7-13-10)11(15)5-2/h6-8,13H,4-5H2,1-3H3,(H,14,16)/t8-/m0/s1. The van der Waals surface area contributed by atoms with E-state index in [9.17, 15) is 9.59 Å². The van der Waals surface area contributed by atoms with Crippen LogP contribution < -0.4 is 5.32 Å². The lowest BCUT2D eigenvalue weighted by Gasteiger charge is -2.09. The summed E-state index contributed by atoms with van der Waals surface area (Å²) in [4.78, 5) is 25.9. The summed E-state index contributed by atoms with van der Waals surface area (Å²) in [5.41, 5.74) is 1.01. The molecule has 1 heterocycles. The molecule has 1 rings (SSSR count). The molecule has 16 heavy (non-hydrogen) atoms. The minimum Gasteiger partial charge on any atom is -0.356 e. The van der Waals surface area contributed by atoms with E-state index < -0.39 is 0 Å². The zero-order valence-electron chi connectivity index (χ0n) is 9.96. The summed E-state index contributed by atoms with van der Waals surface area (Å²) in [5, 5.41) is 2.83. The number of nitrogens with one attached hydrogen (secondary N) is 2. The Balaban J connectivity index is 2.70. The molecule has 0 saturated heterocycles. The lowest BCUT2D eigenvalue weighted by molar-refractivity contribution is 0.0934. The van der Waals surface area contributed by atoms with Crippen molar-refractivity contribution in [2.24, 2.45) is 0 Å². The molecule has 1 aromatic rings. The van der Waals surface area contributed by atoms with E-state index in [-0.39, 0.29) is 17.7 Å². The molecular weight excluding hydrogens is 204 g/mol. The topological polar surface area (TPSA) is 62.0 Å². The molecule has 1 aromatic heterocycles. The van der Waals surface area contributed by atoms with Gasteiger partial charge in [0.05, 0.1) is 0 Å². The van der Waals surface area contributed by atoms with Crippen LogP contribution in [-0.2, 0) is 0 Å². The summed E-state index contributed by atoms with van der Waals surface area (Å²) in [6.45, 7) is 5.75. The largest absolute Gasteiger partial charge is 0.356 e. The van der Waals surface area contributed by atoms with Crippen molar-refractivity contribution in [3.63, 3.8) is 0 Å². The summed E-state index contributed by atoms with van der Waals surface area (Å²) >= 11 is 0. The van der Waals surface area contributed by atoms with Crippen LogP contribution in [0.5, 0.6) is 0 Å². The fourth-order valence-corrected chi connectivity index (χ4v) is 1.29. The number of aromatic amines is 1. The second-order valence-electron chi connectivity index (χ2n) is 3.86. The smallest absolute Gasteiger partial charge is 0.267 e. The van der Waals surface area contributed by atoms with Crippen LogP contribution in [0, 0.1) is 0 Å². The summed E-state index contributed by atoms with van der Waals surface area (Å²) in [6, 6.07) is 1.74. The summed E-state index contributed by atoms with van der Waals surface area (Å²) < 4.78 is 0. The van der Waals surface area contributed by atoms with E-state index in [1.165, 1.54) is 0 Å². The number of hydrogen-bond acceptors (Lipinski definition) is 2. The molecule has 4 heteroatoms. The van der Waals surface area contributed by atoms with Gasteiger partial charge in [0.25, 0.3) is 5.91 Å². The van der Waals surface area contributed by atoms with Crippen LogP contribution in [0.25, 0.3) is 0 Å². The van der Waals surface area contributed by atoms with Crippen molar-refractivity contribution in [1.29, 1.82) is 0 Å². The number of carbonyl (C=O) groups is 2. The molecule has 1 amide bonds. The van der Waals surface area contributed by atoms with Gasteiger partial charge < -0.3 is 10.3 Å². The lowest BCUT2D eigenvalue weighted by Crippen LogP contribution is -2.32. The van der Waals surface area contributed by atoms with E-state index >= 15 is 0 Å². The van der Waals surface area contributed by atoms with Gasteiger partial charge in [-0.1, -0.05) is 13.8 Å². The van der Waals surface area contributed by atoms with Gasteiger partial charge in [-0.25, -0.2) is 0 Å². The van der Waals surface area contributed by atoms with Crippen molar-refractivity contribution < 1.29 is 9.59 Å². The van der Waals surface area contributed by atoms with Crippen molar-refractivity contribution in [2.75, 3.05) is 0 Å². The van der Waals surface area contributed by atoms with Crippen molar-refractivity contribution in [3.8, 4) is 0 Å². The number of carbonyl (C=O) groups excluding carboxylic acids is 2. The average molecular weight is 222 g/mol. The van der Waals surface area contributed by atoms with E-state index in [1.54, 1.807) is 19.2 Å². The zero-order chi connectivity index (χ0) is 12.1. The molecule has 0 fully saturated rings. The van der Waals surface area contributed by atoms with Crippen molar-refractivity contribution in [2.45, 2.75) is 39.7 Å². The van der Waals surface area contributed by atoms with Gasteiger partial charge >= 0.3 is 0 Å². The summed E-state index contributed by atoms with van der Waals surface area (Å²) in [7, 11) is 0. The van der Waals surface area contributed by atoms with Gasteiger partial charge in [0.15, 0.2) is 5.78 Å². The number of aromatic nitrogens is 1. The number of hydrogen-bond donors (Lipinski definition) is 2. The number of rotatable bonds is 5. The Morgan fingerprint density at radius 3 is 2.69 bits per heavy atom. The van der Waals surface area contributed by atoms with Gasteiger partial charge in [-0.15, -0.1) is 0 Å². The summed E-state index contributed by atoms with van der Waals surface area (Å²) in [5.74, 6) is -0.122. The fourth-order valence-electron chi connectivity index (χ4n) is 1.29. The third kappa shape index (κ3) is 2.95. The number of ketones is 1. The minimum atomic E-state index is -0.162. The van der Waals surface area contributed by atoms with Crippen LogP contribution in [0.1, 0.15) is 54.5 Å². The summed E-state index contributed by atoms with van der Waals surface area (Å²) in [6.07, 6.45) is 2.91. The lowest BCUT2D eigenvalue weighted by atomic mass is 10.1. The molecule has 1 atom stereocenters. The molecule has 0 radical (unpaired) electrons. The first-order valence-electron chi connectivity index (χ1n) is 5.60. The fraction of sp³-hybridized carbons (Fsp3) is 0.500. The maximum atomic E-state index is 11.7. The molecular formula is C12H18N2O2. The van der Waals surface area contributed by atoms with E-state index in [0.717, 1.165) is 6.42 Å². The number of H-pyrrole nitrogens is 1. The van der Waals surface area contributed by atoms with E-state index in [4.69, 9.17) is 0 Å².